The molecule has 0 bridgehead atoms. The molecule has 2 aromatic carbocycles. The van der Waals surface area contributed by atoms with Gasteiger partial charge in [0.1, 0.15) is 5.75 Å². The molecule has 0 aliphatic carbocycles. The van der Waals surface area contributed by atoms with Crippen LogP contribution in [0, 0.1) is 0 Å². The Morgan fingerprint density at radius 3 is 2.62 bits per heavy atom. The summed E-state index contributed by atoms with van der Waals surface area (Å²) in [7, 11) is 1.59. The van der Waals surface area contributed by atoms with Gasteiger partial charge in [-0.3, -0.25) is 4.79 Å². The van der Waals surface area contributed by atoms with Crippen molar-refractivity contribution in [1.82, 2.24) is 5.43 Å². The summed E-state index contributed by atoms with van der Waals surface area (Å²) >= 11 is 0. The number of methoxy groups -OCH3 is 1. The van der Waals surface area contributed by atoms with Gasteiger partial charge < -0.3 is 14.2 Å². The standard InChI is InChI=1S/C23H30N2O4/c1-5-6-13-28-21-12-11-18(14-22(21)27-4)15-24-25-23(26)16-29-20-10-8-7-9-19(20)17(2)3/h7-12,14-15,17H,5-6,13,16H2,1-4H3,(H,25,26)/b24-15+. The minimum atomic E-state index is -0.328. The van der Waals surface area contributed by atoms with E-state index >= 15 is 0 Å². The van der Waals surface area contributed by atoms with Crippen LogP contribution in [0.3, 0.4) is 0 Å². The molecule has 0 aliphatic heterocycles. The lowest BCUT2D eigenvalue weighted by atomic mass is 10.0. The molecule has 2 aromatic rings. The average molecular weight is 399 g/mol. The highest BCUT2D eigenvalue weighted by Crippen LogP contribution is 2.28. The van der Waals surface area contributed by atoms with Gasteiger partial charge in [0.2, 0.25) is 0 Å². The number of unbranched alkanes of at least 4 members (excludes halogenated alkanes) is 1. The number of carbonyl (C=O) groups excluding carboxylic acids is 1. The highest BCUT2D eigenvalue weighted by atomic mass is 16.5. The molecule has 6 heteroatoms. The van der Waals surface area contributed by atoms with Crippen LogP contribution in [0.5, 0.6) is 17.2 Å². The Bertz CT molecular complexity index is 818. The van der Waals surface area contributed by atoms with Crippen LogP contribution in [0.4, 0.5) is 0 Å². The van der Waals surface area contributed by atoms with Gasteiger partial charge in [-0.15, -0.1) is 0 Å². The van der Waals surface area contributed by atoms with Crippen LogP contribution < -0.4 is 19.6 Å². The van der Waals surface area contributed by atoms with Crippen molar-refractivity contribution >= 4 is 12.1 Å². The number of hydrogen-bond donors (Lipinski definition) is 1. The number of hydrogen-bond acceptors (Lipinski definition) is 5. The van der Waals surface area contributed by atoms with Crippen LogP contribution >= 0.6 is 0 Å². The third kappa shape index (κ3) is 7.14. The zero-order chi connectivity index (χ0) is 21.1. The number of para-hydroxylation sites is 1. The van der Waals surface area contributed by atoms with E-state index < -0.39 is 0 Å². The van der Waals surface area contributed by atoms with Crippen molar-refractivity contribution < 1.29 is 19.0 Å². The molecular weight excluding hydrogens is 368 g/mol. The summed E-state index contributed by atoms with van der Waals surface area (Å²) in [6.07, 6.45) is 3.61. The van der Waals surface area contributed by atoms with Gasteiger partial charge >= 0.3 is 0 Å². The Hall–Kier alpha value is -3.02. The van der Waals surface area contributed by atoms with Crippen molar-refractivity contribution in [2.75, 3.05) is 20.3 Å². The molecule has 29 heavy (non-hydrogen) atoms. The molecule has 0 spiro atoms. The molecule has 6 nitrogen and oxygen atoms in total. The van der Waals surface area contributed by atoms with E-state index in [0.717, 1.165) is 24.0 Å². The number of nitrogens with one attached hydrogen (secondary N) is 1. The minimum Gasteiger partial charge on any atom is -0.493 e. The number of hydrazone groups is 1. The van der Waals surface area contributed by atoms with Crippen LogP contribution in [0.1, 0.15) is 50.7 Å². The summed E-state index contributed by atoms with van der Waals surface area (Å²) in [6, 6.07) is 13.2. The lowest BCUT2D eigenvalue weighted by molar-refractivity contribution is -0.123. The van der Waals surface area contributed by atoms with E-state index in [1.807, 2.05) is 42.5 Å². The van der Waals surface area contributed by atoms with Crippen LogP contribution in [-0.4, -0.2) is 32.4 Å². The van der Waals surface area contributed by atoms with E-state index in [1.54, 1.807) is 13.3 Å². The number of benzene rings is 2. The minimum absolute atomic E-state index is 0.103. The summed E-state index contributed by atoms with van der Waals surface area (Å²) in [5, 5.41) is 3.99. The normalized spacial score (nSPS) is 10.9. The molecule has 0 fully saturated rings. The first-order valence-electron chi connectivity index (χ1n) is 9.89. The Labute approximate surface area is 172 Å². The molecule has 2 rings (SSSR count). The Morgan fingerprint density at radius 1 is 1.10 bits per heavy atom. The lowest BCUT2D eigenvalue weighted by Gasteiger charge is -2.13. The predicted octanol–water partition coefficient (Wildman–Crippen LogP) is 4.53. The monoisotopic (exact) mass is 398 g/mol. The van der Waals surface area contributed by atoms with E-state index in [1.165, 1.54) is 0 Å². The van der Waals surface area contributed by atoms with Crippen molar-refractivity contribution in [3.05, 3.63) is 53.6 Å². The maximum Gasteiger partial charge on any atom is 0.277 e. The van der Waals surface area contributed by atoms with Gasteiger partial charge in [0.05, 0.1) is 19.9 Å². The molecule has 156 valence electrons. The molecule has 0 radical (unpaired) electrons. The molecule has 0 saturated carbocycles. The smallest absolute Gasteiger partial charge is 0.277 e. The molecule has 1 N–H and O–H groups in total. The third-order valence-corrected chi connectivity index (χ3v) is 4.25. The van der Waals surface area contributed by atoms with E-state index in [0.29, 0.717) is 29.8 Å². The molecule has 0 aromatic heterocycles. The van der Waals surface area contributed by atoms with Gasteiger partial charge in [-0.2, -0.15) is 5.10 Å². The molecule has 1 amide bonds. The molecule has 0 unspecified atom stereocenters. The second kappa shape index (κ2) is 11.7. The van der Waals surface area contributed by atoms with E-state index in [4.69, 9.17) is 14.2 Å². The van der Waals surface area contributed by atoms with E-state index in [2.05, 4.69) is 31.3 Å². The Balaban J connectivity index is 1.88. The van der Waals surface area contributed by atoms with Gasteiger partial charge in [-0.1, -0.05) is 45.4 Å². The second-order valence-electron chi connectivity index (χ2n) is 6.89. The Morgan fingerprint density at radius 2 is 1.90 bits per heavy atom. The van der Waals surface area contributed by atoms with Gasteiger partial charge in [0.15, 0.2) is 18.1 Å². The van der Waals surface area contributed by atoms with Gasteiger partial charge in [-0.25, -0.2) is 5.43 Å². The summed E-state index contributed by atoms with van der Waals surface area (Å²) in [4.78, 5) is 12.0. The second-order valence-corrected chi connectivity index (χ2v) is 6.89. The maximum absolute atomic E-state index is 12.0. The van der Waals surface area contributed by atoms with Gasteiger partial charge in [-0.05, 0) is 47.7 Å². The number of nitrogens with zero attached hydrogens (tertiary/aromatic N) is 1. The van der Waals surface area contributed by atoms with Crippen LogP contribution in [0.15, 0.2) is 47.6 Å². The van der Waals surface area contributed by atoms with Gasteiger partial charge in [0, 0.05) is 0 Å². The van der Waals surface area contributed by atoms with E-state index in [-0.39, 0.29) is 12.5 Å². The zero-order valence-corrected chi connectivity index (χ0v) is 17.6. The number of amides is 1. The fourth-order valence-electron chi connectivity index (χ4n) is 2.65. The lowest BCUT2D eigenvalue weighted by Crippen LogP contribution is -2.24. The number of carbonyl (C=O) groups is 1. The fourth-order valence-corrected chi connectivity index (χ4v) is 2.65. The summed E-state index contributed by atoms with van der Waals surface area (Å²) < 4.78 is 16.7. The molecule has 0 saturated heterocycles. The van der Waals surface area contributed by atoms with Crippen molar-refractivity contribution in [1.29, 1.82) is 0 Å². The quantitative estimate of drug-likeness (QED) is 0.343. The maximum atomic E-state index is 12.0. The summed E-state index contributed by atoms with van der Waals surface area (Å²) in [6.45, 7) is 6.83. The topological polar surface area (TPSA) is 69.2 Å². The van der Waals surface area contributed by atoms with Crippen LogP contribution in [0.2, 0.25) is 0 Å². The molecular formula is C23H30N2O4. The predicted molar refractivity (Wildman–Crippen MR) is 115 cm³/mol. The zero-order valence-electron chi connectivity index (χ0n) is 17.6. The highest BCUT2D eigenvalue weighted by molar-refractivity contribution is 5.83. The highest BCUT2D eigenvalue weighted by Gasteiger charge is 2.09. The summed E-state index contributed by atoms with van der Waals surface area (Å²) in [5.74, 6) is 2.02. The first-order valence-corrected chi connectivity index (χ1v) is 9.89. The molecule has 0 heterocycles. The number of ether oxygens (including phenoxy) is 3. The first kappa shape index (κ1) is 22.3. The van der Waals surface area contributed by atoms with Crippen molar-refractivity contribution in [3.63, 3.8) is 0 Å². The average Bonchev–Trinajstić information content (AvgIpc) is 2.73. The summed E-state index contributed by atoms with van der Waals surface area (Å²) in [5.41, 5.74) is 4.33. The molecule has 0 atom stereocenters. The van der Waals surface area contributed by atoms with E-state index in [9.17, 15) is 4.79 Å². The van der Waals surface area contributed by atoms with Gasteiger partial charge in [0.25, 0.3) is 5.91 Å². The largest absolute Gasteiger partial charge is 0.493 e. The van der Waals surface area contributed by atoms with Crippen molar-refractivity contribution in [2.45, 2.75) is 39.5 Å². The molecule has 0 aliphatic rings. The Kier molecular flexibility index (Phi) is 9.02. The van der Waals surface area contributed by atoms with Crippen LogP contribution in [0.25, 0.3) is 0 Å². The first-order chi connectivity index (χ1) is 14.0. The third-order valence-electron chi connectivity index (χ3n) is 4.25. The number of rotatable bonds is 11. The SMILES string of the molecule is CCCCOc1ccc(/C=N/NC(=O)COc2ccccc2C(C)C)cc1OC. The van der Waals surface area contributed by atoms with Crippen LogP contribution in [-0.2, 0) is 4.79 Å². The van der Waals surface area contributed by atoms with Crippen molar-refractivity contribution in [2.24, 2.45) is 5.10 Å². The fraction of sp³-hybridized carbons (Fsp3) is 0.391. The van der Waals surface area contributed by atoms with Crippen molar-refractivity contribution in [3.8, 4) is 17.2 Å².